The van der Waals surface area contributed by atoms with Crippen LogP contribution in [0.1, 0.15) is 32.6 Å². The van der Waals surface area contributed by atoms with Gasteiger partial charge in [0, 0.05) is 17.3 Å². The van der Waals surface area contributed by atoms with Crippen molar-refractivity contribution in [2.75, 3.05) is 5.75 Å². The minimum Gasteiger partial charge on any atom is -0.353 e. The number of aromatic nitrogens is 3. The summed E-state index contributed by atoms with van der Waals surface area (Å²) in [6.07, 6.45) is 4.43. The lowest BCUT2D eigenvalue weighted by Gasteiger charge is -2.26. The zero-order valence-corrected chi connectivity index (χ0v) is 17.7. The van der Waals surface area contributed by atoms with E-state index in [-0.39, 0.29) is 23.5 Å². The molecule has 0 unspecified atom stereocenters. The van der Waals surface area contributed by atoms with E-state index in [1.807, 2.05) is 34.9 Å². The molecule has 1 aromatic heterocycles. The van der Waals surface area contributed by atoms with E-state index in [4.69, 9.17) is 0 Å². The molecule has 5 nitrogen and oxygen atoms in total. The first kappa shape index (κ1) is 20.6. The van der Waals surface area contributed by atoms with Crippen LogP contribution in [-0.4, -0.2) is 32.5 Å². The maximum Gasteiger partial charge on any atom is 0.230 e. The van der Waals surface area contributed by atoms with Crippen molar-refractivity contribution in [1.29, 1.82) is 0 Å². The summed E-state index contributed by atoms with van der Waals surface area (Å²) in [5.74, 6) is 1.37. The van der Waals surface area contributed by atoms with Crippen molar-refractivity contribution < 1.29 is 9.18 Å². The molecule has 0 radical (unpaired) electrons. The fraction of sp³-hybridized carbons (Fsp3) is 0.348. The third-order valence-electron chi connectivity index (χ3n) is 5.46. The molecule has 1 N–H and O–H groups in total. The van der Waals surface area contributed by atoms with Crippen LogP contribution in [0, 0.1) is 11.7 Å². The van der Waals surface area contributed by atoms with Gasteiger partial charge in [0.2, 0.25) is 5.91 Å². The molecule has 3 aromatic rings. The summed E-state index contributed by atoms with van der Waals surface area (Å²) < 4.78 is 15.3. The van der Waals surface area contributed by atoms with Crippen LogP contribution in [0.3, 0.4) is 0 Å². The van der Waals surface area contributed by atoms with E-state index >= 15 is 0 Å². The molecule has 7 heteroatoms. The summed E-state index contributed by atoms with van der Waals surface area (Å²) in [4.78, 5) is 12.5. The molecule has 1 amide bonds. The van der Waals surface area contributed by atoms with Gasteiger partial charge in [-0.05, 0) is 68.0 Å². The number of amides is 1. The minimum atomic E-state index is -0.298. The van der Waals surface area contributed by atoms with E-state index in [1.54, 1.807) is 12.1 Å². The maximum atomic E-state index is 13.4. The molecule has 0 atom stereocenters. The standard InChI is InChI=1S/C23H25FN4OS/c1-16-7-13-19(14-8-16)25-21(29)15-30-23-27-26-22(17-9-11-18(24)12-10-17)28(23)20-5-3-2-4-6-20/h2-6,9-12,16,19H,7-8,13-15H2,1H3,(H,25,29). The van der Waals surface area contributed by atoms with E-state index in [0.29, 0.717) is 11.0 Å². The first-order valence-corrected chi connectivity index (χ1v) is 11.3. The van der Waals surface area contributed by atoms with Gasteiger partial charge in [-0.25, -0.2) is 4.39 Å². The quantitative estimate of drug-likeness (QED) is 0.574. The van der Waals surface area contributed by atoms with Gasteiger partial charge in [-0.15, -0.1) is 10.2 Å². The Morgan fingerprint density at radius 3 is 2.47 bits per heavy atom. The number of nitrogens with one attached hydrogen (secondary N) is 1. The fourth-order valence-corrected chi connectivity index (χ4v) is 4.53. The van der Waals surface area contributed by atoms with Gasteiger partial charge in [-0.2, -0.15) is 0 Å². The SMILES string of the molecule is CC1CCC(NC(=O)CSc2nnc(-c3ccc(F)cc3)n2-c2ccccc2)CC1. The summed E-state index contributed by atoms with van der Waals surface area (Å²) in [6.45, 7) is 2.27. The highest BCUT2D eigenvalue weighted by atomic mass is 32.2. The van der Waals surface area contributed by atoms with Gasteiger partial charge >= 0.3 is 0 Å². The Bertz CT molecular complexity index is 982. The van der Waals surface area contributed by atoms with Crippen LogP contribution in [0.25, 0.3) is 17.1 Å². The summed E-state index contributed by atoms with van der Waals surface area (Å²) in [5.41, 5.74) is 1.66. The monoisotopic (exact) mass is 424 g/mol. The van der Waals surface area contributed by atoms with E-state index < -0.39 is 0 Å². The van der Waals surface area contributed by atoms with Gasteiger partial charge in [-0.1, -0.05) is 36.9 Å². The zero-order valence-electron chi connectivity index (χ0n) is 16.9. The second-order valence-electron chi connectivity index (χ2n) is 7.80. The number of benzene rings is 2. The Morgan fingerprint density at radius 2 is 1.77 bits per heavy atom. The molecular formula is C23H25FN4OS. The van der Waals surface area contributed by atoms with Crippen molar-refractivity contribution in [1.82, 2.24) is 20.1 Å². The zero-order chi connectivity index (χ0) is 20.9. The van der Waals surface area contributed by atoms with E-state index in [0.717, 1.165) is 30.0 Å². The van der Waals surface area contributed by atoms with E-state index in [9.17, 15) is 9.18 Å². The number of halogens is 1. The van der Waals surface area contributed by atoms with Gasteiger partial charge in [-0.3, -0.25) is 9.36 Å². The second kappa shape index (κ2) is 9.43. The topological polar surface area (TPSA) is 59.8 Å². The molecule has 4 rings (SSSR count). The predicted octanol–water partition coefficient (Wildman–Crippen LogP) is 4.86. The van der Waals surface area contributed by atoms with Crippen LogP contribution in [0.15, 0.2) is 59.8 Å². The van der Waals surface area contributed by atoms with Gasteiger partial charge in [0.05, 0.1) is 5.75 Å². The Hall–Kier alpha value is -2.67. The van der Waals surface area contributed by atoms with Crippen molar-refractivity contribution in [3.63, 3.8) is 0 Å². The average molecular weight is 425 g/mol. The number of rotatable bonds is 6. The lowest BCUT2D eigenvalue weighted by atomic mass is 9.87. The molecule has 1 aliphatic rings. The summed E-state index contributed by atoms with van der Waals surface area (Å²) in [7, 11) is 0. The highest BCUT2D eigenvalue weighted by Crippen LogP contribution is 2.28. The molecule has 1 aliphatic carbocycles. The molecule has 1 saturated carbocycles. The molecule has 1 fully saturated rings. The number of nitrogens with zero attached hydrogens (tertiary/aromatic N) is 3. The van der Waals surface area contributed by atoms with Crippen molar-refractivity contribution in [2.24, 2.45) is 5.92 Å². The van der Waals surface area contributed by atoms with Crippen LogP contribution in [0.4, 0.5) is 4.39 Å². The molecule has 30 heavy (non-hydrogen) atoms. The highest BCUT2D eigenvalue weighted by Gasteiger charge is 2.21. The molecule has 156 valence electrons. The molecule has 0 aliphatic heterocycles. The molecular weight excluding hydrogens is 399 g/mol. The average Bonchev–Trinajstić information content (AvgIpc) is 3.19. The number of hydrogen-bond acceptors (Lipinski definition) is 4. The normalized spacial score (nSPS) is 18.9. The lowest BCUT2D eigenvalue weighted by molar-refractivity contribution is -0.119. The van der Waals surface area contributed by atoms with Gasteiger partial charge in [0.25, 0.3) is 0 Å². The van der Waals surface area contributed by atoms with Crippen LogP contribution in [-0.2, 0) is 4.79 Å². The molecule has 1 heterocycles. The lowest BCUT2D eigenvalue weighted by Crippen LogP contribution is -2.38. The van der Waals surface area contributed by atoms with Gasteiger partial charge in [0.15, 0.2) is 11.0 Å². The number of carbonyl (C=O) groups is 1. The van der Waals surface area contributed by atoms with Crippen LogP contribution in [0.5, 0.6) is 0 Å². The Morgan fingerprint density at radius 1 is 1.07 bits per heavy atom. The third kappa shape index (κ3) is 4.90. The Labute approximate surface area is 180 Å². The Balaban J connectivity index is 1.51. The summed E-state index contributed by atoms with van der Waals surface area (Å²) >= 11 is 1.36. The minimum absolute atomic E-state index is 0.0190. The van der Waals surface area contributed by atoms with E-state index in [2.05, 4.69) is 22.4 Å². The third-order valence-corrected chi connectivity index (χ3v) is 6.39. The summed E-state index contributed by atoms with van der Waals surface area (Å²) in [5, 5.41) is 12.4. The number of thioether (sulfide) groups is 1. The maximum absolute atomic E-state index is 13.4. The molecule has 0 saturated heterocycles. The van der Waals surface area contributed by atoms with Crippen molar-refractivity contribution in [3.05, 3.63) is 60.4 Å². The van der Waals surface area contributed by atoms with Crippen LogP contribution in [0.2, 0.25) is 0 Å². The van der Waals surface area contributed by atoms with Crippen molar-refractivity contribution >= 4 is 17.7 Å². The van der Waals surface area contributed by atoms with Gasteiger partial charge in [0.1, 0.15) is 5.82 Å². The predicted molar refractivity (Wildman–Crippen MR) is 117 cm³/mol. The number of hydrogen-bond donors (Lipinski definition) is 1. The van der Waals surface area contributed by atoms with Crippen LogP contribution < -0.4 is 5.32 Å². The van der Waals surface area contributed by atoms with E-state index in [1.165, 1.54) is 36.7 Å². The van der Waals surface area contributed by atoms with Crippen molar-refractivity contribution in [2.45, 2.75) is 43.8 Å². The van der Waals surface area contributed by atoms with Crippen LogP contribution >= 0.6 is 11.8 Å². The molecule has 0 bridgehead atoms. The van der Waals surface area contributed by atoms with Crippen molar-refractivity contribution in [3.8, 4) is 17.1 Å². The second-order valence-corrected chi connectivity index (χ2v) is 8.74. The number of carbonyl (C=O) groups excluding carboxylic acids is 1. The van der Waals surface area contributed by atoms with Gasteiger partial charge < -0.3 is 5.32 Å². The fourth-order valence-electron chi connectivity index (χ4n) is 3.76. The summed E-state index contributed by atoms with van der Waals surface area (Å²) in [6, 6.07) is 16.2. The molecule has 0 spiro atoms. The molecule has 2 aromatic carbocycles. The Kier molecular flexibility index (Phi) is 6.47. The largest absolute Gasteiger partial charge is 0.353 e. The smallest absolute Gasteiger partial charge is 0.230 e. The first-order valence-electron chi connectivity index (χ1n) is 10.3. The first-order chi connectivity index (χ1) is 14.6. The number of para-hydroxylation sites is 1. The highest BCUT2D eigenvalue weighted by molar-refractivity contribution is 7.99.